The van der Waals surface area contributed by atoms with E-state index >= 15 is 0 Å². The number of aliphatic hydroxyl groups excluding tert-OH is 3. The summed E-state index contributed by atoms with van der Waals surface area (Å²) in [4.78, 5) is 0. The summed E-state index contributed by atoms with van der Waals surface area (Å²) >= 11 is 7.65. The smallest absolute Gasteiger partial charge is 0.165 e. The van der Waals surface area contributed by atoms with Crippen molar-refractivity contribution in [3.8, 4) is 5.75 Å². The van der Waals surface area contributed by atoms with Crippen LogP contribution in [0.4, 0.5) is 4.39 Å². The van der Waals surface area contributed by atoms with E-state index in [1.54, 1.807) is 36.6 Å². The van der Waals surface area contributed by atoms with E-state index in [-0.39, 0.29) is 12.4 Å². The summed E-state index contributed by atoms with van der Waals surface area (Å²) in [7, 11) is 0. The molecule has 0 aromatic heterocycles. The standard InChI is InChI=1S/C26H26ClFO5S/c1-34-26-24(31)22(29)23(30)25(33-26)17-8-9-19(27)18(13-17)11-16-7-10-21(20(28)12-16)32-14-15-5-3-2-4-6-15/h2-10,12-13,22-26,29-31H,11,14H2,1H3/t22-,23-,24+,25+,26-/m1/s1. The quantitative estimate of drug-likeness (QED) is 0.440. The Morgan fingerprint density at radius 3 is 2.41 bits per heavy atom. The molecule has 1 aliphatic heterocycles. The molecular formula is C26H26ClFO5S. The Labute approximate surface area is 207 Å². The molecule has 3 aromatic carbocycles. The molecule has 0 spiro atoms. The van der Waals surface area contributed by atoms with Crippen molar-refractivity contribution in [2.24, 2.45) is 0 Å². The van der Waals surface area contributed by atoms with Gasteiger partial charge >= 0.3 is 0 Å². The zero-order chi connectivity index (χ0) is 24.2. The summed E-state index contributed by atoms with van der Waals surface area (Å²) in [6.45, 7) is 0.270. The van der Waals surface area contributed by atoms with Gasteiger partial charge in [-0.15, -0.1) is 11.8 Å². The van der Waals surface area contributed by atoms with Crippen molar-refractivity contribution < 1.29 is 29.2 Å². The average molecular weight is 505 g/mol. The molecule has 3 aromatic rings. The second-order valence-electron chi connectivity index (χ2n) is 8.20. The molecular weight excluding hydrogens is 479 g/mol. The molecule has 180 valence electrons. The average Bonchev–Trinajstić information content (AvgIpc) is 2.84. The molecule has 0 amide bonds. The Bertz CT molecular complexity index is 1110. The van der Waals surface area contributed by atoms with Crippen LogP contribution in [-0.4, -0.2) is 45.3 Å². The van der Waals surface area contributed by atoms with Crippen LogP contribution in [0, 0.1) is 5.82 Å². The highest BCUT2D eigenvalue weighted by molar-refractivity contribution is 7.99. The predicted octanol–water partition coefficient (Wildman–Crippen LogP) is 4.49. The fourth-order valence-electron chi connectivity index (χ4n) is 3.95. The lowest BCUT2D eigenvalue weighted by Crippen LogP contribution is -2.52. The third-order valence-electron chi connectivity index (χ3n) is 5.83. The van der Waals surface area contributed by atoms with Crippen LogP contribution in [0.25, 0.3) is 0 Å². The summed E-state index contributed by atoms with van der Waals surface area (Å²) in [5.41, 5.74) is 2.29. The van der Waals surface area contributed by atoms with Crippen molar-refractivity contribution >= 4 is 23.4 Å². The summed E-state index contributed by atoms with van der Waals surface area (Å²) in [5, 5.41) is 31.3. The third-order valence-corrected chi connectivity index (χ3v) is 7.05. The van der Waals surface area contributed by atoms with Crippen molar-refractivity contribution in [3.63, 3.8) is 0 Å². The third kappa shape index (κ3) is 5.57. The van der Waals surface area contributed by atoms with Crippen LogP contribution in [0.3, 0.4) is 0 Å². The lowest BCUT2D eigenvalue weighted by Gasteiger charge is -2.40. The summed E-state index contributed by atoms with van der Waals surface area (Å²) in [6.07, 6.45) is -2.57. The van der Waals surface area contributed by atoms with Gasteiger partial charge in [0, 0.05) is 5.02 Å². The first-order valence-corrected chi connectivity index (χ1v) is 12.5. The van der Waals surface area contributed by atoms with E-state index in [0.717, 1.165) is 5.56 Å². The SMILES string of the molecule is CS[C@H]1O[C@@H](c2ccc(Cl)c(Cc3ccc(OCc4ccccc4)c(F)c3)c2)[C@H](O)[C@@H](O)[C@@H]1O. The van der Waals surface area contributed by atoms with E-state index in [2.05, 4.69) is 0 Å². The normalized spacial score (nSPS) is 24.7. The predicted molar refractivity (Wildman–Crippen MR) is 131 cm³/mol. The van der Waals surface area contributed by atoms with Gasteiger partial charge in [-0.25, -0.2) is 4.39 Å². The number of thioether (sulfide) groups is 1. The van der Waals surface area contributed by atoms with E-state index < -0.39 is 35.7 Å². The van der Waals surface area contributed by atoms with Gasteiger partial charge in [-0.3, -0.25) is 0 Å². The van der Waals surface area contributed by atoms with Crippen LogP contribution in [-0.2, 0) is 17.8 Å². The maximum absolute atomic E-state index is 14.7. The summed E-state index contributed by atoms with van der Waals surface area (Å²) in [6, 6.07) is 19.5. The van der Waals surface area contributed by atoms with Gasteiger partial charge in [-0.05, 0) is 53.1 Å². The molecule has 0 unspecified atom stereocenters. The van der Waals surface area contributed by atoms with Gasteiger partial charge in [-0.2, -0.15) is 0 Å². The van der Waals surface area contributed by atoms with Crippen molar-refractivity contribution in [2.45, 2.75) is 42.9 Å². The second kappa shape index (κ2) is 11.1. The molecule has 1 fully saturated rings. The highest BCUT2D eigenvalue weighted by atomic mass is 35.5. The number of hydrogen-bond donors (Lipinski definition) is 3. The first-order chi connectivity index (χ1) is 16.4. The van der Waals surface area contributed by atoms with Crippen LogP contribution in [0.1, 0.15) is 28.4 Å². The van der Waals surface area contributed by atoms with Gasteiger partial charge in [0.05, 0.1) is 0 Å². The molecule has 1 heterocycles. The first-order valence-electron chi connectivity index (χ1n) is 10.8. The highest BCUT2D eigenvalue weighted by Gasteiger charge is 2.44. The topological polar surface area (TPSA) is 79.2 Å². The minimum absolute atomic E-state index is 0.168. The Balaban J connectivity index is 1.50. The molecule has 0 aliphatic carbocycles. The number of benzene rings is 3. The summed E-state index contributed by atoms with van der Waals surface area (Å²) < 4.78 is 26.1. The van der Waals surface area contributed by atoms with Crippen LogP contribution in [0.5, 0.6) is 5.75 Å². The lowest BCUT2D eigenvalue weighted by molar-refractivity contribution is -0.200. The molecule has 3 N–H and O–H groups in total. The molecule has 34 heavy (non-hydrogen) atoms. The molecule has 5 nitrogen and oxygen atoms in total. The van der Waals surface area contributed by atoms with Gasteiger partial charge in [0.15, 0.2) is 11.6 Å². The van der Waals surface area contributed by atoms with Crippen LogP contribution in [0.2, 0.25) is 5.02 Å². The van der Waals surface area contributed by atoms with Crippen molar-refractivity contribution in [3.05, 3.63) is 99.8 Å². The fourth-order valence-corrected chi connectivity index (χ4v) is 4.81. The Morgan fingerprint density at radius 2 is 1.71 bits per heavy atom. The summed E-state index contributed by atoms with van der Waals surface area (Å²) in [5.74, 6) is -0.298. The van der Waals surface area contributed by atoms with Crippen LogP contribution < -0.4 is 4.74 Å². The maximum Gasteiger partial charge on any atom is 0.165 e. The van der Waals surface area contributed by atoms with Crippen molar-refractivity contribution in [1.29, 1.82) is 0 Å². The zero-order valence-electron chi connectivity index (χ0n) is 18.5. The number of hydrogen-bond acceptors (Lipinski definition) is 6. The van der Waals surface area contributed by atoms with E-state index in [9.17, 15) is 19.7 Å². The Morgan fingerprint density at radius 1 is 0.941 bits per heavy atom. The number of halogens is 2. The minimum atomic E-state index is -1.34. The number of rotatable bonds is 7. The highest BCUT2D eigenvalue weighted by Crippen LogP contribution is 2.37. The largest absolute Gasteiger partial charge is 0.486 e. The Kier molecular flexibility index (Phi) is 8.14. The molecule has 5 atom stereocenters. The molecule has 1 aliphatic rings. The van der Waals surface area contributed by atoms with Gasteiger partial charge < -0.3 is 24.8 Å². The molecule has 8 heteroatoms. The van der Waals surface area contributed by atoms with E-state index in [0.29, 0.717) is 28.1 Å². The molecule has 1 saturated heterocycles. The number of aliphatic hydroxyl groups is 3. The fraction of sp³-hybridized carbons (Fsp3) is 0.308. The van der Waals surface area contributed by atoms with Gasteiger partial charge in [-0.1, -0.05) is 60.1 Å². The first kappa shape index (κ1) is 25.0. The van der Waals surface area contributed by atoms with E-state index in [1.807, 2.05) is 30.3 Å². The lowest BCUT2D eigenvalue weighted by atomic mass is 9.92. The van der Waals surface area contributed by atoms with Crippen LogP contribution in [0.15, 0.2) is 66.7 Å². The monoisotopic (exact) mass is 504 g/mol. The minimum Gasteiger partial charge on any atom is -0.486 e. The maximum atomic E-state index is 14.7. The molecule has 0 saturated carbocycles. The molecule has 0 bridgehead atoms. The molecule has 0 radical (unpaired) electrons. The second-order valence-corrected chi connectivity index (χ2v) is 9.54. The van der Waals surface area contributed by atoms with Crippen molar-refractivity contribution in [1.82, 2.24) is 0 Å². The number of ether oxygens (including phenoxy) is 2. The van der Waals surface area contributed by atoms with Gasteiger partial charge in [0.2, 0.25) is 0 Å². The van der Waals surface area contributed by atoms with Gasteiger partial charge in [0.25, 0.3) is 0 Å². The van der Waals surface area contributed by atoms with Crippen LogP contribution >= 0.6 is 23.4 Å². The van der Waals surface area contributed by atoms with Crippen molar-refractivity contribution in [2.75, 3.05) is 6.26 Å². The Hall–Kier alpha value is -2.13. The van der Waals surface area contributed by atoms with Gasteiger partial charge in [0.1, 0.15) is 36.5 Å². The zero-order valence-corrected chi connectivity index (χ0v) is 20.0. The molecule has 4 rings (SSSR count). The van der Waals surface area contributed by atoms with E-state index in [4.69, 9.17) is 21.1 Å². The van der Waals surface area contributed by atoms with E-state index in [1.165, 1.54) is 17.8 Å².